The molecule has 34 heavy (non-hydrogen) atoms. The van der Waals surface area contributed by atoms with Crippen molar-refractivity contribution in [2.24, 2.45) is 5.10 Å². The Bertz CT molecular complexity index is 1440. The van der Waals surface area contributed by atoms with E-state index in [0.717, 1.165) is 41.8 Å². The highest BCUT2D eigenvalue weighted by molar-refractivity contribution is 7.99. The fraction of sp³-hybridized carbons (Fsp3) is 0.200. The van der Waals surface area contributed by atoms with E-state index < -0.39 is 0 Å². The number of hydrogen-bond donors (Lipinski definition) is 2. The molecule has 0 fully saturated rings. The minimum absolute atomic E-state index is 0.0357. The Balaban J connectivity index is 1.42. The largest absolute Gasteiger partial charge is 0.507 e. The van der Waals surface area contributed by atoms with Gasteiger partial charge in [0.25, 0.3) is 11.5 Å². The van der Waals surface area contributed by atoms with Crippen LogP contribution in [0.5, 0.6) is 5.75 Å². The molecule has 2 heterocycles. The fourth-order valence-electron chi connectivity index (χ4n) is 4.02. The third kappa shape index (κ3) is 4.49. The maximum Gasteiger partial charge on any atom is 0.267 e. The monoisotopic (exact) mass is 490 g/mol. The highest BCUT2D eigenvalue weighted by Gasteiger charge is 2.23. The van der Waals surface area contributed by atoms with Crippen molar-refractivity contribution in [3.05, 3.63) is 81.0 Å². The molecule has 0 spiro atoms. The first kappa shape index (κ1) is 22.4. The summed E-state index contributed by atoms with van der Waals surface area (Å²) in [5, 5.41) is 14.9. The zero-order valence-electron chi connectivity index (χ0n) is 18.2. The van der Waals surface area contributed by atoms with Crippen LogP contribution in [0.1, 0.15) is 28.8 Å². The predicted molar refractivity (Wildman–Crippen MR) is 136 cm³/mol. The number of nitrogens with zero attached hydrogens (tertiary/aromatic N) is 3. The smallest absolute Gasteiger partial charge is 0.267 e. The van der Waals surface area contributed by atoms with Crippen molar-refractivity contribution < 1.29 is 9.90 Å². The molecular formula is C25H22N4O3S2. The summed E-state index contributed by atoms with van der Waals surface area (Å²) in [6, 6.07) is 16.1. The third-order valence-corrected chi connectivity index (χ3v) is 7.76. The first-order chi connectivity index (χ1) is 16.6. The lowest BCUT2D eigenvalue weighted by Crippen LogP contribution is -2.24. The maximum absolute atomic E-state index is 13.7. The summed E-state index contributed by atoms with van der Waals surface area (Å²) >= 11 is 2.79. The topological polar surface area (TPSA) is 96.6 Å². The molecule has 1 aliphatic rings. The van der Waals surface area contributed by atoms with Crippen LogP contribution in [0.2, 0.25) is 0 Å². The number of aryl methyl sites for hydroxylation is 2. The summed E-state index contributed by atoms with van der Waals surface area (Å²) in [7, 11) is 0. The summed E-state index contributed by atoms with van der Waals surface area (Å²) in [6.07, 6.45) is 5.50. The van der Waals surface area contributed by atoms with E-state index in [4.69, 9.17) is 4.98 Å². The number of hydrogen-bond acceptors (Lipinski definition) is 7. The summed E-state index contributed by atoms with van der Waals surface area (Å²) < 4.78 is 1.60. The number of benzene rings is 2. The summed E-state index contributed by atoms with van der Waals surface area (Å²) in [4.78, 5) is 32.9. The average Bonchev–Trinajstić information content (AvgIpc) is 3.23. The van der Waals surface area contributed by atoms with Crippen LogP contribution in [0.15, 0.2) is 69.6 Å². The highest BCUT2D eigenvalue weighted by Crippen LogP contribution is 2.35. The van der Waals surface area contributed by atoms with Crippen LogP contribution in [-0.4, -0.2) is 32.5 Å². The Morgan fingerprint density at radius 1 is 1.15 bits per heavy atom. The number of amides is 1. The molecule has 5 rings (SSSR count). The van der Waals surface area contributed by atoms with Crippen LogP contribution in [0.4, 0.5) is 0 Å². The molecule has 0 saturated carbocycles. The Hall–Kier alpha value is -3.43. The number of para-hydroxylation sites is 2. The van der Waals surface area contributed by atoms with Crippen molar-refractivity contribution in [1.29, 1.82) is 0 Å². The molecule has 4 aromatic rings. The van der Waals surface area contributed by atoms with Gasteiger partial charge in [0, 0.05) is 10.4 Å². The van der Waals surface area contributed by atoms with Gasteiger partial charge in [-0.3, -0.25) is 14.2 Å². The number of hydrazone groups is 1. The number of phenolic OH excluding ortho intramolecular Hbond substituents is 1. The molecule has 9 heteroatoms. The molecule has 0 unspecified atom stereocenters. The van der Waals surface area contributed by atoms with Gasteiger partial charge in [0.1, 0.15) is 10.6 Å². The van der Waals surface area contributed by atoms with Crippen molar-refractivity contribution in [3.8, 4) is 11.4 Å². The van der Waals surface area contributed by atoms with Crippen LogP contribution in [0, 0.1) is 0 Å². The zero-order chi connectivity index (χ0) is 23.5. The summed E-state index contributed by atoms with van der Waals surface area (Å²) in [5.41, 5.74) is 4.74. The Kier molecular flexibility index (Phi) is 6.46. The van der Waals surface area contributed by atoms with E-state index in [2.05, 4.69) is 10.5 Å². The number of carbonyl (C=O) groups is 1. The molecule has 2 aromatic carbocycles. The first-order valence-electron chi connectivity index (χ1n) is 11.0. The van der Waals surface area contributed by atoms with Crippen LogP contribution in [-0.2, 0) is 17.6 Å². The van der Waals surface area contributed by atoms with Crippen molar-refractivity contribution >= 4 is 45.4 Å². The van der Waals surface area contributed by atoms with Crippen molar-refractivity contribution in [3.63, 3.8) is 0 Å². The number of thiophene rings is 1. The van der Waals surface area contributed by atoms with Gasteiger partial charge in [-0.1, -0.05) is 42.1 Å². The molecule has 2 aromatic heterocycles. The van der Waals surface area contributed by atoms with E-state index >= 15 is 0 Å². The van der Waals surface area contributed by atoms with Crippen LogP contribution < -0.4 is 11.0 Å². The lowest BCUT2D eigenvalue weighted by Gasteiger charge is -2.13. The van der Waals surface area contributed by atoms with E-state index in [-0.39, 0.29) is 23.0 Å². The minimum Gasteiger partial charge on any atom is -0.507 e. The van der Waals surface area contributed by atoms with Gasteiger partial charge in [-0.15, -0.1) is 11.3 Å². The summed E-state index contributed by atoms with van der Waals surface area (Å²) in [6.45, 7) is 0. The number of thioether (sulfide) groups is 1. The second-order valence-electron chi connectivity index (χ2n) is 7.90. The molecule has 1 amide bonds. The molecule has 7 nitrogen and oxygen atoms in total. The number of rotatable bonds is 6. The number of aromatic hydroxyl groups is 1. The number of carbonyl (C=O) groups excluding carboxylic acids is 1. The van der Waals surface area contributed by atoms with Gasteiger partial charge in [-0.05, 0) is 55.5 Å². The summed E-state index contributed by atoms with van der Waals surface area (Å²) in [5.74, 6) is -0.220. The van der Waals surface area contributed by atoms with E-state index in [1.54, 1.807) is 40.2 Å². The second kappa shape index (κ2) is 9.82. The van der Waals surface area contributed by atoms with Crippen LogP contribution in [0.3, 0.4) is 0 Å². The number of fused-ring (bicyclic) bond motifs is 3. The van der Waals surface area contributed by atoms with Crippen LogP contribution >= 0.6 is 23.1 Å². The lowest BCUT2D eigenvalue weighted by molar-refractivity contribution is -0.118. The number of phenols is 1. The normalized spacial score (nSPS) is 13.3. The van der Waals surface area contributed by atoms with E-state index in [1.165, 1.54) is 22.9 Å². The third-order valence-electron chi connectivity index (χ3n) is 5.63. The molecule has 0 bridgehead atoms. The Labute approximate surface area is 204 Å². The highest BCUT2D eigenvalue weighted by atomic mass is 32.2. The molecule has 2 N–H and O–H groups in total. The number of nitrogens with one attached hydrogen (secondary N) is 1. The lowest BCUT2D eigenvalue weighted by atomic mass is 9.97. The predicted octanol–water partition coefficient (Wildman–Crippen LogP) is 4.27. The van der Waals surface area contributed by atoms with Gasteiger partial charge in [0.15, 0.2) is 5.16 Å². The fourth-order valence-corrected chi connectivity index (χ4v) is 6.13. The van der Waals surface area contributed by atoms with E-state index in [1.807, 2.05) is 30.3 Å². The van der Waals surface area contributed by atoms with E-state index in [9.17, 15) is 14.7 Å². The standard InChI is InChI=1S/C25H22N4O3S2/c30-19-12-6-4-8-16(19)14-26-28-21(31)15-33-25-27-23-22(18-11-5-7-13-20(18)34-23)24(32)29(25)17-9-2-1-3-10-17/h1-4,6,8-10,12,14,30H,5,7,11,13,15H2,(H,28,31)/b26-14+. The van der Waals surface area contributed by atoms with Crippen molar-refractivity contribution in [2.45, 2.75) is 30.8 Å². The maximum atomic E-state index is 13.7. The van der Waals surface area contributed by atoms with Gasteiger partial charge < -0.3 is 5.11 Å². The average molecular weight is 491 g/mol. The molecule has 0 radical (unpaired) electrons. The molecule has 0 atom stereocenters. The number of aromatic nitrogens is 2. The molecule has 0 saturated heterocycles. The van der Waals surface area contributed by atoms with E-state index in [0.29, 0.717) is 16.1 Å². The molecule has 1 aliphatic carbocycles. The van der Waals surface area contributed by atoms with Crippen molar-refractivity contribution in [1.82, 2.24) is 15.0 Å². The Morgan fingerprint density at radius 2 is 1.91 bits per heavy atom. The molecular weight excluding hydrogens is 468 g/mol. The van der Waals surface area contributed by atoms with Gasteiger partial charge >= 0.3 is 0 Å². The zero-order valence-corrected chi connectivity index (χ0v) is 19.9. The minimum atomic E-state index is -0.337. The quantitative estimate of drug-likeness (QED) is 0.182. The molecule has 172 valence electrons. The van der Waals surface area contributed by atoms with Gasteiger partial charge in [-0.25, -0.2) is 10.4 Å². The first-order valence-corrected chi connectivity index (χ1v) is 12.8. The van der Waals surface area contributed by atoms with Crippen LogP contribution in [0.25, 0.3) is 15.9 Å². The second-order valence-corrected chi connectivity index (χ2v) is 9.93. The van der Waals surface area contributed by atoms with Crippen molar-refractivity contribution in [2.75, 3.05) is 5.75 Å². The SMILES string of the molecule is O=C(CSc1nc2sc3c(c2c(=O)n1-c1ccccc1)CCCC3)N/N=C/c1ccccc1O. The Morgan fingerprint density at radius 3 is 2.74 bits per heavy atom. The molecule has 0 aliphatic heterocycles. The van der Waals surface area contributed by atoms with Gasteiger partial charge in [0.05, 0.1) is 23.0 Å². The van der Waals surface area contributed by atoms with Gasteiger partial charge in [0.2, 0.25) is 0 Å². The van der Waals surface area contributed by atoms with Gasteiger partial charge in [-0.2, -0.15) is 5.10 Å².